The molecule has 0 aromatic heterocycles. The molecule has 2 rings (SSSR count). The number of aryl methyl sites for hydroxylation is 1. The lowest BCUT2D eigenvalue weighted by molar-refractivity contribution is -0.385. The first-order valence-corrected chi connectivity index (χ1v) is 6.37. The van der Waals surface area contributed by atoms with E-state index in [0.717, 1.165) is 18.2 Å². The van der Waals surface area contributed by atoms with E-state index in [-0.39, 0.29) is 11.4 Å². The van der Waals surface area contributed by atoms with E-state index in [4.69, 9.17) is 4.74 Å². The standard InChI is InChI=1S/C15H15FN2O3/c1-10-7-15(13(16)8-14(10)18(19)20)21-12-5-3-11(4-6-12)9-17-2/h3-8,17H,9H2,1-2H3. The number of nitrogens with zero attached hydrogens (tertiary/aromatic N) is 1. The fraction of sp³-hybridized carbons (Fsp3) is 0.200. The largest absolute Gasteiger partial charge is 0.454 e. The second-order valence-electron chi connectivity index (χ2n) is 4.60. The lowest BCUT2D eigenvalue weighted by atomic mass is 10.2. The number of benzene rings is 2. The topological polar surface area (TPSA) is 64.4 Å². The highest BCUT2D eigenvalue weighted by Gasteiger charge is 2.16. The number of hydrogen-bond acceptors (Lipinski definition) is 4. The van der Waals surface area contributed by atoms with Gasteiger partial charge in [-0.25, -0.2) is 4.39 Å². The molecule has 0 saturated heterocycles. The molecule has 0 aliphatic rings. The third kappa shape index (κ3) is 3.55. The summed E-state index contributed by atoms with van der Waals surface area (Å²) in [7, 11) is 1.85. The van der Waals surface area contributed by atoms with Crippen LogP contribution in [0.15, 0.2) is 36.4 Å². The molecule has 0 heterocycles. The molecular weight excluding hydrogens is 275 g/mol. The number of nitrogens with one attached hydrogen (secondary N) is 1. The molecule has 2 aromatic carbocycles. The zero-order valence-electron chi connectivity index (χ0n) is 11.7. The number of halogens is 1. The molecule has 6 heteroatoms. The van der Waals surface area contributed by atoms with Crippen LogP contribution in [-0.4, -0.2) is 12.0 Å². The van der Waals surface area contributed by atoms with Crippen molar-refractivity contribution in [2.75, 3.05) is 7.05 Å². The van der Waals surface area contributed by atoms with Crippen LogP contribution in [0.2, 0.25) is 0 Å². The smallest absolute Gasteiger partial charge is 0.275 e. The Bertz CT molecular complexity index is 657. The molecular formula is C15H15FN2O3. The Hall–Kier alpha value is -2.47. The minimum atomic E-state index is -0.758. The molecule has 0 saturated carbocycles. The third-order valence-corrected chi connectivity index (χ3v) is 2.98. The maximum Gasteiger partial charge on any atom is 0.275 e. The van der Waals surface area contributed by atoms with Crippen LogP contribution in [0.1, 0.15) is 11.1 Å². The number of nitro groups is 1. The van der Waals surface area contributed by atoms with Crippen molar-refractivity contribution >= 4 is 5.69 Å². The summed E-state index contributed by atoms with van der Waals surface area (Å²) in [6.45, 7) is 2.27. The van der Waals surface area contributed by atoms with Crippen LogP contribution in [0, 0.1) is 22.9 Å². The Kier molecular flexibility index (Phi) is 4.49. The number of ether oxygens (including phenoxy) is 1. The molecule has 0 aliphatic carbocycles. The average Bonchev–Trinajstić information content (AvgIpc) is 2.44. The van der Waals surface area contributed by atoms with Crippen LogP contribution in [-0.2, 0) is 6.54 Å². The summed E-state index contributed by atoms with van der Waals surface area (Å²) in [5.41, 5.74) is 1.16. The first-order chi connectivity index (χ1) is 10.0. The number of rotatable bonds is 5. The van der Waals surface area contributed by atoms with Crippen molar-refractivity contribution in [2.24, 2.45) is 0 Å². The molecule has 0 amide bonds. The highest BCUT2D eigenvalue weighted by molar-refractivity contribution is 5.46. The van der Waals surface area contributed by atoms with Crippen LogP contribution >= 0.6 is 0 Å². The van der Waals surface area contributed by atoms with Gasteiger partial charge in [0.15, 0.2) is 11.6 Å². The van der Waals surface area contributed by atoms with Crippen molar-refractivity contribution in [3.63, 3.8) is 0 Å². The van der Waals surface area contributed by atoms with Gasteiger partial charge < -0.3 is 10.1 Å². The maximum atomic E-state index is 13.8. The molecule has 0 aliphatic heterocycles. The van der Waals surface area contributed by atoms with Gasteiger partial charge in [-0.15, -0.1) is 0 Å². The van der Waals surface area contributed by atoms with E-state index >= 15 is 0 Å². The molecule has 5 nitrogen and oxygen atoms in total. The Morgan fingerprint density at radius 1 is 1.29 bits per heavy atom. The van der Waals surface area contributed by atoms with Gasteiger partial charge in [0.25, 0.3) is 5.69 Å². The zero-order chi connectivity index (χ0) is 15.4. The van der Waals surface area contributed by atoms with Gasteiger partial charge in [-0.3, -0.25) is 10.1 Å². The van der Waals surface area contributed by atoms with Gasteiger partial charge in [0.1, 0.15) is 5.75 Å². The quantitative estimate of drug-likeness (QED) is 0.675. The molecule has 2 aromatic rings. The summed E-state index contributed by atoms with van der Waals surface area (Å²) in [6.07, 6.45) is 0. The first kappa shape index (κ1) is 14.9. The number of hydrogen-bond donors (Lipinski definition) is 1. The van der Waals surface area contributed by atoms with Crippen LogP contribution in [0.25, 0.3) is 0 Å². The van der Waals surface area contributed by atoms with Crippen molar-refractivity contribution in [2.45, 2.75) is 13.5 Å². The molecule has 0 radical (unpaired) electrons. The minimum Gasteiger partial charge on any atom is -0.454 e. The summed E-state index contributed by atoms with van der Waals surface area (Å²) < 4.78 is 19.3. The lowest BCUT2D eigenvalue weighted by Crippen LogP contribution is -2.04. The van der Waals surface area contributed by atoms with Gasteiger partial charge in [0.05, 0.1) is 11.0 Å². The van der Waals surface area contributed by atoms with Crippen LogP contribution in [0.4, 0.5) is 10.1 Å². The van der Waals surface area contributed by atoms with Crippen molar-refractivity contribution in [3.8, 4) is 11.5 Å². The van der Waals surface area contributed by atoms with Crippen molar-refractivity contribution in [3.05, 3.63) is 63.5 Å². The predicted molar refractivity (Wildman–Crippen MR) is 77.1 cm³/mol. The molecule has 0 bridgehead atoms. The van der Waals surface area contributed by atoms with Crippen molar-refractivity contribution < 1.29 is 14.1 Å². The highest BCUT2D eigenvalue weighted by Crippen LogP contribution is 2.30. The van der Waals surface area contributed by atoms with Gasteiger partial charge >= 0.3 is 0 Å². The molecule has 21 heavy (non-hydrogen) atoms. The molecule has 110 valence electrons. The maximum absolute atomic E-state index is 13.8. The fourth-order valence-corrected chi connectivity index (χ4v) is 1.93. The van der Waals surface area contributed by atoms with E-state index in [1.54, 1.807) is 19.1 Å². The first-order valence-electron chi connectivity index (χ1n) is 6.37. The van der Waals surface area contributed by atoms with E-state index in [2.05, 4.69) is 5.32 Å². The summed E-state index contributed by atoms with van der Waals surface area (Å²) in [6, 6.07) is 9.38. The molecule has 1 N–H and O–H groups in total. The minimum absolute atomic E-state index is 0.0283. The molecule has 0 unspecified atom stereocenters. The number of nitro benzene ring substituents is 1. The summed E-state index contributed by atoms with van der Waals surface area (Å²) in [5, 5.41) is 13.8. The van der Waals surface area contributed by atoms with Gasteiger partial charge in [-0.05, 0) is 37.7 Å². The average molecular weight is 290 g/mol. The van der Waals surface area contributed by atoms with Gasteiger partial charge in [0, 0.05) is 12.1 Å². The Morgan fingerprint density at radius 2 is 1.95 bits per heavy atom. The second-order valence-corrected chi connectivity index (χ2v) is 4.60. The zero-order valence-corrected chi connectivity index (χ0v) is 11.7. The Balaban J connectivity index is 2.23. The Labute approximate surface area is 121 Å². The van der Waals surface area contributed by atoms with Gasteiger partial charge in [-0.2, -0.15) is 0 Å². The van der Waals surface area contributed by atoms with Crippen molar-refractivity contribution in [1.29, 1.82) is 0 Å². The van der Waals surface area contributed by atoms with Gasteiger partial charge in [-0.1, -0.05) is 12.1 Å². The van der Waals surface area contributed by atoms with E-state index in [1.165, 1.54) is 6.07 Å². The van der Waals surface area contributed by atoms with Crippen LogP contribution < -0.4 is 10.1 Å². The van der Waals surface area contributed by atoms with E-state index < -0.39 is 10.7 Å². The Morgan fingerprint density at radius 3 is 2.52 bits per heavy atom. The summed E-state index contributed by atoms with van der Waals surface area (Å²) >= 11 is 0. The predicted octanol–water partition coefficient (Wildman–Crippen LogP) is 3.55. The monoisotopic (exact) mass is 290 g/mol. The lowest BCUT2D eigenvalue weighted by Gasteiger charge is -2.09. The second kappa shape index (κ2) is 6.32. The van der Waals surface area contributed by atoms with E-state index in [9.17, 15) is 14.5 Å². The molecule has 0 spiro atoms. The van der Waals surface area contributed by atoms with Crippen molar-refractivity contribution in [1.82, 2.24) is 5.32 Å². The van der Waals surface area contributed by atoms with E-state index in [1.807, 2.05) is 19.2 Å². The van der Waals surface area contributed by atoms with E-state index in [0.29, 0.717) is 11.3 Å². The van der Waals surface area contributed by atoms with Crippen LogP contribution in [0.3, 0.4) is 0 Å². The van der Waals surface area contributed by atoms with Gasteiger partial charge in [0.2, 0.25) is 0 Å². The normalized spacial score (nSPS) is 10.4. The summed E-state index contributed by atoms with van der Waals surface area (Å²) in [5.74, 6) is -0.312. The molecule has 0 fully saturated rings. The molecule has 0 atom stereocenters. The SMILES string of the molecule is CNCc1ccc(Oc2cc(C)c([N+](=O)[O-])cc2F)cc1. The highest BCUT2D eigenvalue weighted by atomic mass is 19.1. The third-order valence-electron chi connectivity index (χ3n) is 2.98. The summed E-state index contributed by atoms with van der Waals surface area (Å²) in [4.78, 5) is 10.1. The van der Waals surface area contributed by atoms with Crippen LogP contribution in [0.5, 0.6) is 11.5 Å². The fourth-order valence-electron chi connectivity index (χ4n) is 1.93.